The Labute approximate surface area is 219 Å². The maximum Gasteiger partial charge on any atom is 0.271 e. The molecule has 5 heteroatoms. The second-order valence-corrected chi connectivity index (χ2v) is 11.1. The van der Waals surface area contributed by atoms with Gasteiger partial charge in [-0.1, -0.05) is 84.1 Å². The van der Waals surface area contributed by atoms with Crippen LogP contribution in [0.4, 0.5) is 0 Å². The van der Waals surface area contributed by atoms with E-state index in [1.165, 1.54) is 33.6 Å². The Hall–Kier alpha value is -3.96. The summed E-state index contributed by atoms with van der Waals surface area (Å²) in [6.45, 7) is 4.37. The molecule has 37 heavy (non-hydrogen) atoms. The van der Waals surface area contributed by atoms with E-state index in [-0.39, 0.29) is 11.6 Å². The summed E-state index contributed by atoms with van der Waals surface area (Å²) in [6.07, 6.45) is 6.10. The molecule has 0 radical (unpaired) electrons. The van der Waals surface area contributed by atoms with Gasteiger partial charge in [0.2, 0.25) is 0 Å². The van der Waals surface area contributed by atoms with Gasteiger partial charge in [-0.2, -0.15) is 0 Å². The zero-order valence-electron chi connectivity index (χ0n) is 20.9. The van der Waals surface area contributed by atoms with E-state index in [0.29, 0.717) is 6.04 Å². The van der Waals surface area contributed by atoms with E-state index in [2.05, 4.69) is 103 Å². The summed E-state index contributed by atoms with van der Waals surface area (Å²) in [5.41, 5.74) is 8.23. The van der Waals surface area contributed by atoms with Crippen molar-refractivity contribution in [3.05, 3.63) is 133 Å². The van der Waals surface area contributed by atoms with Crippen molar-refractivity contribution in [2.45, 2.75) is 38.8 Å². The van der Waals surface area contributed by atoms with Crippen molar-refractivity contribution in [2.75, 3.05) is 0 Å². The molecule has 2 aromatic heterocycles. The smallest absolute Gasteiger partial charge is 0.271 e. The molecule has 0 N–H and O–H groups in total. The topological polar surface area (TPSA) is 39.3 Å². The van der Waals surface area contributed by atoms with Crippen molar-refractivity contribution in [3.8, 4) is 0 Å². The molecule has 0 saturated carbocycles. The number of hydrogen-bond donors (Lipinski definition) is 0. The molecule has 1 atom stereocenters. The first-order chi connectivity index (χ1) is 18.1. The largest absolute Gasteiger partial charge is 0.344 e. The molecule has 1 aliphatic carbocycles. The van der Waals surface area contributed by atoms with Crippen molar-refractivity contribution >= 4 is 34.0 Å². The molecule has 3 aromatic carbocycles. The van der Waals surface area contributed by atoms with Gasteiger partial charge in [0.15, 0.2) is 4.80 Å². The van der Waals surface area contributed by atoms with Gasteiger partial charge in [0.25, 0.3) is 5.56 Å². The van der Waals surface area contributed by atoms with Gasteiger partial charge in [0.05, 0.1) is 16.3 Å². The Morgan fingerprint density at radius 2 is 1.70 bits per heavy atom. The quantitative estimate of drug-likeness (QED) is 0.305. The lowest BCUT2D eigenvalue weighted by molar-refractivity contribution is 0.585. The van der Waals surface area contributed by atoms with Gasteiger partial charge in [-0.05, 0) is 55.5 Å². The highest BCUT2D eigenvalue weighted by Crippen LogP contribution is 2.41. The lowest BCUT2D eigenvalue weighted by atomic mass is 9.83. The summed E-state index contributed by atoms with van der Waals surface area (Å²) < 4.78 is 4.93. The summed E-state index contributed by atoms with van der Waals surface area (Å²) in [6, 6.07) is 27.6. The van der Waals surface area contributed by atoms with E-state index < -0.39 is 0 Å². The van der Waals surface area contributed by atoms with Crippen LogP contribution in [-0.4, -0.2) is 9.13 Å². The van der Waals surface area contributed by atoms with Crippen LogP contribution in [0, 0.1) is 0 Å². The molecule has 0 spiro atoms. The van der Waals surface area contributed by atoms with Crippen LogP contribution in [0.1, 0.15) is 54.6 Å². The van der Waals surface area contributed by atoms with Crippen LogP contribution in [0.5, 0.6) is 0 Å². The first-order valence-electron chi connectivity index (χ1n) is 12.9. The molecule has 3 heterocycles. The van der Waals surface area contributed by atoms with Crippen molar-refractivity contribution in [3.63, 3.8) is 0 Å². The first kappa shape index (κ1) is 22.3. The van der Waals surface area contributed by atoms with Crippen LogP contribution in [0.3, 0.4) is 0 Å². The van der Waals surface area contributed by atoms with Crippen LogP contribution >= 0.6 is 11.3 Å². The van der Waals surface area contributed by atoms with Crippen LogP contribution in [-0.2, 0) is 6.42 Å². The predicted octanol–water partition coefficient (Wildman–Crippen LogP) is 5.85. The van der Waals surface area contributed by atoms with Gasteiger partial charge in [0.1, 0.15) is 0 Å². The highest BCUT2D eigenvalue weighted by atomic mass is 32.1. The summed E-state index contributed by atoms with van der Waals surface area (Å²) in [5.74, 6) is 0. The average Bonchev–Trinajstić information content (AvgIpc) is 3.45. The second-order valence-electron chi connectivity index (χ2n) is 10.1. The minimum atomic E-state index is -0.139. The standard InChI is InChI=1S/C32H27N3OS/c1-20(2)34-19-23(24-13-8-9-15-27(24)34)18-28-31(36)35-30(22-11-4-3-5-12-22)26-17-16-21-10-6-7-14-25(21)29(26)33-32(35)37-28/h3-15,18-20,30H,16-17H2,1-2H3/b28-18+. The first-order valence-corrected chi connectivity index (χ1v) is 13.7. The molecular formula is C32H27N3OS. The third-order valence-corrected chi connectivity index (χ3v) is 8.59. The lowest BCUT2D eigenvalue weighted by Crippen LogP contribution is -2.38. The van der Waals surface area contributed by atoms with Crippen molar-refractivity contribution in [2.24, 2.45) is 4.99 Å². The van der Waals surface area contributed by atoms with Crippen molar-refractivity contribution in [1.82, 2.24) is 9.13 Å². The number of aryl methyl sites for hydroxylation is 1. The zero-order valence-corrected chi connectivity index (χ0v) is 21.7. The summed E-state index contributed by atoms with van der Waals surface area (Å²) in [7, 11) is 0. The Morgan fingerprint density at radius 1 is 0.946 bits per heavy atom. The molecule has 4 nitrogen and oxygen atoms in total. The second kappa shape index (κ2) is 8.56. The molecule has 2 aliphatic rings. The van der Waals surface area contributed by atoms with E-state index in [0.717, 1.165) is 44.4 Å². The van der Waals surface area contributed by atoms with Crippen molar-refractivity contribution < 1.29 is 0 Å². The summed E-state index contributed by atoms with van der Waals surface area (Å²) >= 11 is 1.50. The fraction of sp³-hybridized carbons (Fsp3) is 0.188. The predicted molar refractivity (Wildman–Crippen MR) is 152 cm³/mol. The van der Waals surface area contributed by atoms with Gasteiger partial charge in [-0.25, -0.2) is 4.99 Å². The molecule has 5 aromatic rings. The van der Waals surface area contributed by atoms with Crippen LogP contribution in [0.2, 0.25) is 0 Å². The van der Waals surface area contributed by atoms with Gasteiger partial charge in [-0.3, -0.25) is 9.36 Å². The number of rotatable bonds is 3. The Kier molecular flexibility index (Phi) is 5.15. The maximum atomic E-state index is 14.1. The molecule has 182 valence electrons. The summed E-state index contributed by atoms with van der Waals surface area (Å²) in [5, 5.41) is 1.16. The Morgan fingerprint density at radius 3 is 2.54 bits per heavy atom. The van der Waals surface area contributed by atoms with Gasteiger partial charge in [-0.15, -0.1) is 0 Å². The Balaban J connectivity index is 1.49. The number of para-hydroxylation sites is 1. The molecule has 1 unspecified atom stereocenters. The molecule has 0 bridgehead atoms. The molecule has 7 rings (SSSR count). The molecule has 0 amide bonds. The number of benzene rings is 3. The van der Waals surface area contributed by atoms with E-state index in [1.807, 2.05) is 10.6 Å². The molecule has 1 aliphatic heterocycles. The average molecular weight is 502 g/mol. The van der Waals surface area contributed by atoms with Crippen molar-refractivity contribution in [1.29, 1.82) is 0 Å². The van der Waals surface area contributed by atoms with E-state index >= 15 is 0 Å². The highest BCUT2D eigenvalue weighted by molar-refractivity contribution is 7.07. The number of thiazole rings is 1. The number of allylic oxidation sites excluding steroid dienone is 1. The summed E-state index contributed by atoms with van der Waals surface area (Å²) in [4.78, 5) is 20.0. The fourth-order valence-electron chi connectivity index (χ4n) is 5.87. The van der Waals surface area contributed by atoms with Crippen LogP contribution in [0.25, 0.3) is 22.7 Å². The third-order valence-electron chi connectivity index (χ3n) is 7.60. The highest BCUT2D eigenvalue weighted by Gasteiger charge is 2.32. The van der Waals surface area contributed by atoms with E-state index in [9.17, 15) is 4.79 Å². The maximum absolute atomic E-state index is 14.1. The van der Waals surface area contributed by atoms with Gasteiger partial charge < -0.3 is 4.57 Å². The van der Waals surface area contributed by atoms with E-state index in [1.54, 1.807) is 0 Å². The lowest BCUT2D eigenvalue weighted by Gasteiger charge is -2.30. The normalized spacial score (nSPS) is 17.1. The zero-order chi connectivity index (χ0) is 25.1. The number of hydrogen-bond acceptors (Lipinski definition) is 3. The minimum absolute atomic E-state index is 0.0318. The SMILES string of the molecule is CC(C)n1cc(/C=c2/sc3n(c2=O)C(c2ccccc2)C2=C(N=3)c3ccccc3CC2)c2ccccc21. The molecular weight excluding hydrogens is 474 g/mol. The third kappa shape index (κ3) is 3.49. The van der Waals surface area contributed by atoms with Gasteiger partial charge in [0, 0.05) is 34.3 Å². The Bertz CT molecular complexity index is 1890. The monoisotopic (exact) mass is 501 g/mol. The number of aromatic nitrogens is 2. The fourth-order valence-corrected chi connectivity index (χ4v) is 6.86. The van der Waals surface area contributed by atoms with Crippen LogP contribution < -0.4 is 14.9 Å². The van der Waals surface area contributed by atoms with Gasteiger partial charge >= 0.3 is 0 Å². The number of fused-ring (bicyclic) bond motifs is 4. The number of nitrogens with zero attached hydrogens (tertiary/aromatic N) is 3. The van der Waals surface area contributed by atoms with Crippen LogP contribution in [0.15, 0.2) is 100 Å². The minimum Gasteiger partial charge on any atom is -0.344 e. The molecule has 0 fully saturated rings. The van der Waals surface area contributed by atoms with E-state index in [4.69, 9.17) is 4.99 Å². The molecule has 0 saturated heterocycles.